The van der Waals surface area contributed by atoms with Crippen LogP contribution in [0.4, 0.5) is 0 Å². The molecule has 1 saturated heterocycles. The van der Waals surface area contributed by atoms with E-state index in [2.05, 4.69) is 33.9 Å². The van der Waals surface area contributed by atoms with Gasteiger partial charge >= 0.3 is 0 Å². The molecule has 1 aliphatic rings. The molecule has 1 fully saturated rings. The molecule has 1 heterocycles. The summed E-state index contributed by atoms with van der Waals surface area (Å²) in [4.78, 5) is 0. The van der Waals surface area contributed by atoms with E-state index in [1.54, 1.807) is 7.11 Å². The summed E-state index contributed by atoms with van der Waals surface area (Å²) >= 11 is 0. The lowest BCUT2D eigenvalue weighted by Gasteiger charge is -2.47. The van der Waals surface area contributed by atoms with Gasteiger partial charge in [-0.25, -0.2) is 0 Å². The molecule has 1 aliphatic heterocycles. The molecule has 0 bridgehead atoms. The molecule has 5 atom stereocenters. The van der Waals surface area contributed by atoms with Gasteiger partial charge in [0.05, 0.1) is 6.10 Å². The van der Waals surface area contributed by atoms with Crippen molar-refractivity contribution in [2.24, 2.45) is 0 Å². The standard InChI is InChI=1S/C13H28O5Si/c1-8-10(16-5)11(9(14)12(15)17-8)18-19(6,7)13(2,3)4/h8-12,14-15H,1-7H3/t8-,9-,10-,11-,12?/m1/s1. The van der Waals surface area contributed by atoms with Gasteiger partial charge in [0.2, 0.25) is 0 Å². The number of ether oxygens (including phenoxy) is 2. The maximum Gasteiger partial charge on any atom is 0.192 e. The highest BCUT2D eigenvalue weighted by Gasteiger charge is 2.49. The summed E-state index contributed by atoms with van der Waals surface area (Å²) in [5.41, 5.74) is 0. The van der Waals surface area contributed by atoms with Crippen molar-refractivity contribution in [1.29, 1.82) is 0 Å². The molecule has 0 aromatic rings. The van der Waals surface area contributed by atoms with Crippen molar-refractivity contribution in [3.8, 4) is 0 Å². The molecule has 0 spiro atoms. The van der Waals surface area contributed by atoms with Crippen LogP contribution in [0.2, 0.25) is 18.1 Å². The van der Waals surface area contributed by atoms with E-state index >= 15 is 0 Å². The summed E-state index contributed by atoms with van der Waals surface area (Å²) in [7, 11) is -0.492. The van der Waals surface area contributed by atoms with Gasteiger partial charge in [-0.05, 0) is 25.1 Å². The Labute approximate surface area is 117 Å². The molecule has 0 aromatic heterocycles. The van der Waals surface area contributed by atoms with Gasteiger partial charge in [0.1, 0.15) is 18.3 Å². The first-order valence-corrected chi connectivity index (χ1v) is 9.64. The molecule has 0 aromatic carbocycles. The fourth-order valence-corrected chi connectivity index (χ4v) is 3.29. The summed E-state index contributed by atoms with van der Waals surface area (Å²) in [6, 6.07) is 0. The smallest absolute Gasteiger partial charge is 0.192 e. The van der Waals surface area contributed by atoms with E-state index in [-0.39, 0.29) is 17.2 Å². The van der Waals surface area contributed by atoms with Crippen LogP contribution in [0.25, 0.3) is 0 Å². The third kappa shape index (κ3) is 3.56. The Morgan fingerprint density at radius 3 is 2.05 bits per heavy atom. The van der Waals surface area contributed by atoms with E-state index in [1.165, 1.54) is 0 Å². The number of aliphatic hydroxyl groups excluding tert-OH is 2. The minimum absolute atomic E-state index is 0.0253. The fourth-order valence-electron chi connectivity index (χ4n) is 1.98. The second kappa shape index (κ2) is 5.79. The largest absolute Gasteiger partial charge is 0.408 e. The molecule has 19 heavy (non-hydrogen) atoms. The van der Waals surface area contributed by atoms with Gasteiger partial charge in [-0.2, -0.15) is 0 Å². The van der Waals surface area contributed by atoms with Crippen LogP contribution in [0.5, 0.6) is 0 Å². The summed E-state index contributed by atoms with van der Waals surface area (Å²) in [5, 5.41) is 19.9. The lowest BCUT2D eigenvalue weighted by Crippen LogP contribution is -2.61. The van der Waals surface area contributed by atoms with E-state index < -0.39 is 26.8 Å². The lowest BCUT2D eigenvalue weighted by molar-refractivity contribution is -0.278. The first kappa shape index (κ1) is 17.1. The minimum atomic E-state index is -2.06. The maximum atomic E-state index is 10.1. The average Bonchev–Trinajstić information content (AvgIpc) is 2.24. The third-order valence-electron chi connectivity index (χ3n) is 4.28. The Kier molecular flexibility index (Phi) is 5.20. The van der Waals surface area contributed by atoms with Gasteiger partial charge in [0, 0.05) is 7.11 Å². The second-order valence-corrected chi connectivity index (χ2v) is 11.5. The van der Waals surface area contributed by atoms with Crippen molar-refractivity contribution < 1.29 is 24.1 Å². The lowest BCUT2D eigenvalue weighted by atomic mass is 10.00. The first-order valence-electron chi connectivity index (χ1n) is 6.73. The average molecular weight is 292 g/mol. The zero-order chi connectivity index (χ0) is 15.0. The zero-order valence-corrected chi connectivity index (χ0v) is 14.0. The van der Waals surface area contributed by atoms with Crippen LogP contribution in [0.15, 0.2) is 0 Å². The monoisotopic (exact) mass is 292 g/mol. The molecule has 1 unspecified atom stereocenters. The van der Waals surface area contributed by atoms with Crippen molar-refractivity contribution in [2.75, 3.05) is 7.11 Å². The quantitative estimate of drug-likeness (QED) is 0.771. The van der Waals surface area contributed by atoms with Crippen molar-refractivity contribution in [3.05, 3.63) is 0 Å². The highest BCUT2D eigenvalue weighted by Crippen LogP contribution is 2.39. The minimum Gasteiger partial charge on any atom is -0.408 e. The number of hydrogen-bond acceptors (Lipinski definition) is 5. The van der Waals surface area contributed by atoms with Crippen molar-refractivity contribution >= 4 is 8.32 Å². The zero-order valence-electron chi connectivity index (χ0n) is 13.0. The number of aliphatic hydroxyl groups is 2. The SMILES string of the molecule is CO[C@H]1[C@H](O[Si](C)(C)C(C)(C)C)[C@@H](O)C(O)O[C@@H]1C. The number of hydrogen-bond donors (Lipinski definition) is 2. The van der Waals surface area contributed by atoms with Crippen molar-refractivity contribution in [1.82, 2.24) is 0 Å². The van der Waals surface area contributed by atoms with Crippen LogP contribution in [0, 0.1) is 0 Å². The number of methoxy groups -OCH3 is 1. The van der Waals surface area contributed by atoms with Crippen LogP contribution in [-0.4, -0.2) is 56.3 Å². The second-order valence-electron chi connectivity index (χ2n) is 6.77. The molecule has 0 amide bonds. The van der Waals surface area contributed by atoms with Gasteiger partial charge in [0.25, 0.3) is 0 Å². The van der Waals surface area contributed by atoms with Crippen molar-refractivity contribution in [2.45, 2.75) is 76.5 Å². The third-order valence-corrected chi connectivity index (χ3v) is 8.75. The van der Waals surface area contributed by atoms with Gasteiger partial charge in [-0.1, -0.05) is 20.8 Å². The van der Waals surface area contributed by atoms with Crippen LogP contribution < -0.4 is 0 Å². The van der Waals surface area contributed by atoms with Gasteiger partial charge in [-0.15, -0.1) is 0 Å². The molecule has 5 nitrogen and oxygen atoms in total. The molecule has 1 rings (SSSR count). The predicted octanol–water partition coefficient (Wildman–Crippen LogP) is 1.49. The van der Waals surface area contributed by atoms with E-state index in [1.807, 2.05) is 6.92 Å². The van der Waals surface area contributed by atoms with Crippen LogP contribution in [-0.2, 0) is 13.9 Å². The molecule has 0 saturated carbocycles. The van der Waals surface area contributed by atoms with E-state index in [4.69, 9.17) is 13.9 Å². The van der Waals surface area contributed by atoms with Crippen LogP contribution in [0.3, 0.4) is 0 Å². The van der Waals surface area contributed by atoms with Gasteiger partial charge < -0.3 is 24.1 Å². The summed E-state index contributed by atoms with van der Waals surface area (Å²) < 4.78 is 16.9. The summed E-state index contributed by atoms with van der Waals surface area (Å²) in [6.07, 6.45) is -3.58. The highest BCUT2D eigenvalue weighted by atomic mass is 28.4. The molecule has 2 N–H and O–H groups in total. The van der Waals surface area contributed by atoms with Crippen molar-refractivity contribution in [3.63, 3.8) is 0 Å². The van der Waals surface area contributed by atoms with Gasteiger partial charge in [-0.3, -0.25) is 0 Å². The Morgan fingerprint density at radius 2 is 1.63 bits per heavy atom. The first-order chi connectivity index (χ1) is 8.51. The molecule has 6 heteroatoms. The predicted molar refractivity (Wildman–Crippen MR) is 75.4 cm³/mol. The Morgan fingerprint density at radius 1 is 1.11 bits per heavy atom. The van der Waals surface area contributed by atoms with E-state index in [0.29, 0.717) is 0 Å². The summed E-state index contributed by atoms with van der Waals surface area (Å²) in [5.74, 6) is 0. The van der Waals surface area contributed by atoms with E-state index in [9.17, 15) is 10.2 Å². The van der Waals surface area contributed by atoms with Crippen LogP contribution >= 0.6 is 0 Å². The van der Waals surface area contributed by atoms with E-state index in [0.717, 1.165) is 0 Å². The van der Waals surface area contributed by atoms with Gasteiger partial charge in [0.15, 0.2) is 14.6 Å². The Bertz CT molecular complexity index is 302. The molecule has 114 valence electrons. The molecule has 0 radical (unpaired) electrons. The Hall–Kier alpha value is 0.0169. The topological polar surface area (TPSA) is 68.2 Å². The fraction of sp³-hybridized carbons (Fsp3) is 1.00. The normalized spacial score (nSPS) is 37.4. The Balaban J connectivity index is 2.94. The number of rotatable bonds is 3. The molecular formula is C13H28O5Si. The summed E-state index contributed by atoms with van der Waals surface area (Å²) in [6.45, 7) is 12.4. The molecular weight excluding hydrogens is 264 g/mol. The maximum absolute atomic E-state index is 10.1. The molecule has 0 aliphatic carbocycles. The highest BCUT2D eigenvalue weighted by molar-refractivity contribution is 6.74. The van der Waals surface area contributed by atoms with Crippen LogP contribution in [0.1, 0.15) is 27.7 Å².